The van der Waals surface area contributed by atoms with Gasteiger partial charge in [0.1, 0.15) is 23.4 Å². The fourth-order valence-electron chi connectivity index (χ4n) is 2.29. The first-order valence-electron chi connectivity index (χ1n) is 6.99. The van der Waals surface area contributed by atoms with Crippen LogP contribution in [0.15, 0.2) is 24.3 Å². The second-order valence-corrected chi connectivity index (χ2v) is 6.35. The number of hydrogen-bond acceptors (Lipinski definition) is 8. The highest BCUT2D eigenvalue weighted by atomic mass is 32.2. The number of aliphatic hydroxyl groups is 1. The molecular weight excluding hydrogens is 338 g/mol. The van der Waals surface area contributed by atoms with Crippen LogP contribution < -0.4 is 15.2 Å². The molecule has 9 heteroatoms. The van der Waals surface area contributed by atoms with Gasteiger partial charge in [-0.1, -0.05) is 0 Å². The van der Waals surface area contributed by atoms with E-state index in [2.05, 4.69) is 0 Å². The molecule has 2 heterocycles. The first-order chi connectivity index (χ1) is 11.3. The molecule has 24 heavy (non-hydrogen) atoms. The third kappa shape index (κ3) is 3.86. The van der Waals surface area contributed by atoms with Crippen molar-refractivity contribution in [3.8, 4) is 11.5 Å². The number of ketones is 1. The Bertz CT molecular complexity index is 648. The van der Waals surface area contributed by atoms with Crippen LogP contribution in [0.25, 0.3) is 0 Å². The van der Waals surface area contributed by atoms with Crippen molar-refractivity contribution in [2.75, 3.05) is 6.26 Å². The number of rotatable bonds is 6. The van der Waals surface area contributed by atoms with Crippen molar-refractivity contribution in [2.45, 2.75) is 29.9 Å². The summed E-state index contributed by atoms with van der Waals surface area (Å²) in [6.07, 6.45) is -1.22. The highest BCUT2D eigenvalue weighted by molar-refractivity contribution is 7.99. The Labute approximate surface area is 141 Å². The van der Waals surface area contributed by atoms with Crippen molar-refractivity contribution in [1.82, 2.24) is 0 Å². The monoisotopic (exact) mass is 355 g/mol. The topological polar surface area (TPSA) is 136 Å². The molecule has 8 nitrogen and oxygen atoms in total. The molecule has 0 fully saturated rings. The van der Waals surface area contributed by atoms with Crippen molar-refractivity contribution in [2.24, 2.45) is 5.73 Å². The van der Waals surface area contributed by atoms with E-state index < -0.39 is 41.2 Å². The summed E-state index contributed by atoms with van der Waals surface area (Å²) >= 11 is 1.02. The first-order valence-corrected chi connectivity index (χ1v) is 8.28. The van der Waals surface area contributed by atoms with Crippen LogP contribution in [0.5, 0.6) is 11.5 Å². The maximum Gasteiger partial charge on any atom is 0.336 e. The Morgan fingerprint density at radius 2 is 1.92 bits per heavy atom. The number of aliphatic carboxylic acids is 1. The third-order valence-electron chi connectivity index (χ3n) is 3.54. The van der Waals surface area contributed by atoms with Gasteiger partial charge in [-0.15, -0.1) is 11.8 Å². The maximum atomic E-state index is 12.5. The number of fused-ring (bicyclic) bond motifs is 6. The third-order valence-corrected chi connectivity index (χ3v) is 4.25. The molecule has 1 aromatic carbocycles. The number of hydrogen-bond donors (Lipinski definition) is 3. The van der Waals surface area contributed by atoms with E-state index in [-0.39, 0.29) is 17.9 Å². The number of carbonyl (C=O) groups excluding carboxylic acids is 2. The van der Waals surface area contributed by atoms with Gasteiger partial charge in [-0.3, -0.25) is 9.59 Å². The highest BCUT2D eigenvalue weighted by Crippen LogP contribution is 2.30. The normalized spacial score (nSPS) is 24.1. The van der Waals surface area contributed by atoms with E-state index in [0.717, 1.165) is 11.8 Å². The molecule has 0 saturated heterocycles. The zero-order chi connectivity index (χ0) is 17.9. The van der Waals surface area contributed by atoms with Crippen LogP contribution >= 0.6 is 11.8 Å². The number of benzene rings is 1. The fourth-order valence-corrected chi connectivity index (χ4v) is 2.74. The SMILES string of the molecule is CSC(O)CC1(N)C(=O)Oc2ccc(cc2)OC1C(=O)CC(=O)O. The van der Waals surface area contributed by atoms with Gasteiger partial charge in [-0.2, -0.15) is 0 Å². The number of aliphatic hydroxyl groups excluding tert-OH is 1. The van der Waals surface area contributed by atoms with E-state index in [4.69, 9.17) is 20.3 Å². The maximum absolute atomic E-state index is 12.5. The van der Waals surface area contributed by atoms with E-state index in [1.54, 1.807) is 6.26 Å². The minimum atomic E-state index is -2.04. The van der Waals surface area contributed by atoms with E-state index in [0.29, 0.717) is 0 Å². The second kappa shape index (κ2) is 7.20. The molecule has 2 aliphatic rings. The van der Waals surface area contributed by atoms with Crippen molar-refractivity contribution >= 4 is 29.5 Å². The fraction of sp³-hybridized carbons (Fsp3) is 0.400. The van der Waals surface area contributed by atoms with Gasteiger partial charge >= 0.3 is 11.9 Å². The zero-order valence-electron chi connectivity index (χ0n) is 12.8. The minimum absolute atomic E-state index is 0.201. The van der Waals surface area contributed by atoms with Crippen LogP contribution in [-0.2, 0) is 14.4 Å². The zero-order valence-corrected chi connectivity index (χ0v) is 13.6. The number of carbonyl (C=O) groups is 3. The first kappa shape index (κ1) is 18.2. The lowest BCUT2D eigenvalue weighted by Gasteiger charge is -2.34. The molecular formula is C15H17NO7S. The lowest BCUT2D eigenvalue weighted by Crippen LogP contribution is -2.64. The minimum Gasteiger partial charge on any atom is -0.481 e. The van der Waals surface area contributed by atoms with Crippen molar-refractivity contribution in [1.29, 1.82) is 0 Å². The largest absolute Gasteiger partial charge is 0.481 e. The second-order valence-electron chi connectivity index (χ2n) is 5.33. The van der Waals surface area contributed by atoms with Gasteiger partial charge in [0.05, 0.1) is 0 Å². The van der Waals surface area contributed by atoms with Gasteiger partial charge in [-0.25, -0.2) is 4.79 Å². The number of esters is 1. The summed E-state index contributed by atoms with van der Waals surface area (Å²) in [5.41, 5.74) is 3.02. The van der Waals surface area contributed by atoms with Gasteiger partial charge in [0.2, 0.25) is 0 Å². The Balaban J connectivity index is 2.47. The molecule has 1 aromatic rings. The number of thioether (sulfide) groups is 1. The summed E-state index contributed by atoms with van der Waals surface area (Å²) in [7, 11) is 0. The van der Waals surface area contributed by atoms with Crippen LogP contribution in [0, 0.1) is 0 Å². The van der Waals surface area contributed by atoms with Crippen molar-refractivity contribution in [3.63, 3.8) is 0 Å². The molecule has 2 bridgehead atoms. The standard InChI is InChI=1S/C15H17NO7S/c1-24-12(20)7-15(16)13(10(17)6-11(18)19)22-8-2-4-9(5-3-8)23-14(15)21/h2-5,12-13,20H,6-7,16H2,1H3,(H,18,19). The van der Waals surface area contributed by atoms with Crippen molar-refractivity contribution in [3.05, 3.63) is 24.3 Å². The summed E-state index contributed by atoms with van der Waals surface area (Å²) < 4.78 is 10.7. The number of Topliss-reactive ketones (excluding diaryl/α,β-unsaturated/α-hetero) is 1. The Hall–Kier alpha value is -2.10. The van der Waals surface area contributed by atoms with Gasteiger partial charge < -0.3 is 25.4 Å². The summed E-state index contributed by atoms with van der Waals surface area (Å²) in [6, 6.07) is 5.87. The van der Waals surface area contributed by atoms with Crippen LogP contribution in [0.3, 0.4) is 0 Å². The summed E-state index contributed by atoms with van der Waals surface area (Å²) in [6.45, 7) is 0. The van der Waals surface area contributed by atoms with Gasteiger partial charge in [0.25, 0.3) is 0 Å². The average Bonchev–Trinajstić information content (AvgIpc) is 2.59. The lowest BCUT2D eigenvalue weighted by atomic mass is 9.86. The van der Waals surface area contributed by atoms with E-state index in [1.807, 2.05) is 0 Å². The summed E-state index contributed by atoms with van der Waals surface area (Å²) in [5, 5.41) is 18.8. The molecule has 0 aromatic heterocycles. The summed E-state index contributed by atoms with van der Waals surface area (Å²) in [5.74, 6) is -2.81. The Morgan fingerprint density at radius 1 is 1.33 bits per heavy atom. The molecule has 3 atom stereocenters. The van der Waals surface area contributed by atoms with Gasteiger partial charge in [0.15, 0.2) is 17.4 Å². The van der Waals surface area contributed by atoms with Crippen LogP contribution in [-0.4, -0.2) is 51.3 Å². The molecule has 0 aliphatic carbocycles. The molecule has 2 aliphatic heterocycles. The molecule has 0 saturated carbocycles. The van der Waals surface area contributed by atoms with E-state index in [1.165, 1.54) is 24.3 Å². The summed E-state index contributed by atoms with van der Waals surface area (Å²) in [4.78, 5) is 35.8. The van der Waals surface area contributed by atoms with Crippen LogP contribution in [0.2, 0.25) is 0 Å². The van der Waals surface area contributed by atoms with Gasteiger partial charge in [0, 0.05) is 6.42 Å². The molecule has 3 unspecified atom stereocenters. The molecule has 130 valence electrons. The van der Waals surface area contributed by atoms with Crippen LogP contribution in [0.1, 0.15) is 12.8 Å². The van der Waals surface area contributed by atoms with E-state index in [9.17, 15) is 19.5 Å². The molecule has 4 N–H and O–H groups in total. The predicted octanol–water partition coefficient (Wildman–Crippen LogP) is 0.166. The molecule has 0 amide bonds. The molecule has 3 rings (SSSR count). The lowest BCUT2D eigenvalue weighted by molar-refractivity contribution is -0.152. The highest BCUT2D eigenvalue weighted by Gasteiger charge is 2.51. The number of ether oxygens (including phenoxy) is 2. The Morgan fingerprint density at radius 3 is 2.46 bits per heavy atom. The smallest absolute Gasteiger partial charge is 0.336 e. The molecule has 0 radical (unpaired) electrons. The quantitative estimate of drug-likeness (QED) is 0.282. The van der Waals surface area contributed by atoms with Crippen molar-refractivity contribution < 1.29 is 34.1 Å². The Kier molecular flexibility index (Phi) is 5.47. The van der Waals surface area contributed by atoms with Crippen LogP contribution in [0.4, 0.5) is 0 Å². The average molecular weight is 355 g/mol. The van der Waals surface area contributed by atoms with E-state index >= 15 is 0 Å². The number of carboxylic acid groups (broad SMARTS) is 1. The predicted molar refractivity (Wildman–Crippen MR) is 84.8 cm³/mol. The molecule has 0 spiro atoms. The number of carboxylic acids is 1. The number of nitrogens with two attached hydrogens (primary N) is 1. The van der Waals surface area contributed by atoms with Gasteiger partial charge in [-0.05, 0) is 30.5 Å².